The highest BCUT2D eigenvalue weighted by molar-refractivity contribution is 9.10. The smallest absolute Gasteiger partial charge is 0.420 e. The van der Waals surface area contributed by atoms with Gasteiger partial charge in [0.1, 0.15) is 5.75 Å². The third kappa shape index (κ3) is 3.31. The van der Waals surface area contributed by atoms with Gasteiger partial charge >= 0.3 is 6.18 Å². The molecule has 0 heterocycles. The molecular formula is C10H7BrF3NO2. The number of hydrogen-bond acceptors (Lipinski definition) is 3. The Kier molecular flexibility index (Phi) is 4.31. The van der Waals surface area contributed by atoms with Gasteiger partial charge in [0.25, 0.3) is 0 Å². The molecule has 0 fully saturated rings. The SMILES string of the molecule is COc1c(CN=C=O)cc(Br)cc1C(F)(F)F. The van der Waals surface area contributed by atoms with Crippen molar-refractivity contribution >= 4 is 22.0 Å². The van der Waals surface area contributed by atoms with Crippen LogP contribution in [0.5, 0.6) is 5.75 Å². The van der Waals surface area contributed by atoms with Crippen LogP contribution in [-0.2, 0) is 17.5 Å². The Balaban J connectivity index is 3.40. The van der Waals surface area contributed by atoms with Crippen LogP contribution in [0.3, 0.4) is 0 Å². The van der Waals surface area contributed by atoms with Gasteiger partial charge in [-0.25, -0.2) is 9.79 Å². The van der Waals surface area contributed by atoms with Gasteiger partial charge in [-0.1, -0.05) is 15.9 Å². The molecule has 0 N–H and O–H groups in total. The Labute approximate surface area is 103 Å². The minimum atomic E-state index is -4.53. The van der Waals surface area contributed by atoms with E-state index in [4.69, 9.17) is 4.74 Å². The van der Waals surface area contributed by atoms with Crippen molar-refractivity contribution in [3.8, 4) is 5.75 Å². The van der Waals surface area contributed by atoms with Crippen LogP contribution < -0.4 is 4.74 Å². The summed E-state index contributed by atoms with van der Waals surface area (Å²) in [6, 6.07) is 2.32. The maximum absolute atomic E-state index is 12.7. The van der Waals surface area contributed by atoms with Gasteiger partial charge < -0.3 is 4.74 Å². The number of alkyl halides is 3. The second-order valence-electron chi connectivity index (χ2n) is 3.05. The molecule has 0 radical (unpaired) electrons. The molecule has 17 heavy (non-hydrogen) atoms. The maximum Gasteiger partial charge on any atom is 0.420 e. The number of methoxy groups -OCH3 is 1. The Morgan fingerprint density at radius 3 is 2.59 bits per heavy atom. The van der Waals surface area contributed by atoms with Crippen molar-refractivity contribution in [2.45, 2.75) is 12.7 Å². The lowest BCUT2D eigenvalue weighted by Crippen LogP contribution is -2.09. The average Bonchev–Trinajstić information content (AvgIpc) is 2.24. The zero-order valence-electron chi connectivity index (χ0n) is 8.64. The fraction of sp³-hybridized carbons (Fsp3) is 0.300. The summed E-state index contributed by atoms with van der Waals surface area (Å²) in [6.45, 7) is -0.213. The van der Waals surface area contributed by atoms with Crippen LogP contribution in [0.25, 0.3) is 0 Å². The van der Waals surface area contributed by atoms with Crippen molar-refractivity contribution in [3.63, 3.8) is 0 Å². The summed E-state index contributed by atoms with van der Waals surface area (Å²) in [5.74, 6) is -0.334. The highest BCUT2D eigenvalue weighted by Gasteiger charge is 2.35. The fourth-order valence-electron chi connectivity index (χ4n) is 1.34. The predicted molar refractivity (Wildman–Crippen MR) is 57.5 cm³/mol. The van der Waals surface area contributed by atoms with Gasteiger partial charge in [0.15, 0.2) is 0 Å². The van der Waals surface area contributed by atoms with Crippen molar-refractivity contribution in [1.29, 1.82) is 0 Å². The summed E-state index contributed by atoms with van der Waals surface area (Å²) >= 11 is 2.96. The maximum atomic E-state index is 12.7. The molecule has 0 aliphatic heterocycles. The lowest BCUT2D eigenvalue weighted by atomic mass is 10.1. The quantitative estimate of drug-likeness (QED) is 0.634. The van der Waals surface area contributed by atoms with Crippen molar-refractivity contribution in [2.75, 3.05) is 7.11 Å². The van der Waals surface area contributed by atoms with E-state index in [0.29, 0.717) is 0 Å². The number of carbonyl (C=O) groups excluding carboxylic acids is 1. The summed E-state index contributed by atoms with van der Waals surface area (Å²) < 4.78 is 43.1. The number of benzene rings is 1. The van der Waals surface area contributed by atoms with Crippen molar-refractivity contribution < 1.29 is 22.7 Å². The topological polar surface area (TPSA) is 38.7 Å². The van der Waals surface area contributed by atoms with Gasteiger partial charge in [0.05, 0.1) is 19.2 Å². The highest BCUT2D eigenvalue weighted by atomic mass is 79.9. The van der Waals surface area contributed by atoms with E-state index in [2.05, 4.69) is 20.9 Å². The molecule has 0 aromatic heterocycles. The van der Waals surface area contributed by atoms with Gasteiger partial charge in [-0.2, -0.15) is 13.2 Å². The van der Waals surface area contributed by atoms with E-state index in [1.165, 1.54) is 12.1 Å². The molecule has 0 unspecified atom stereocenters. The minimum Gasteiger partial charge on any atom is -0.496 e. The summed E-state index contributed by atoms with van der Waals surface area (Å²) in [4.78, 5) is 13.2. The van der Waals surface area contributed by atoms with Crippen LogP contribution in [0.15, 0.2) is 21.6 Å². The van der Waals surface area contributed by atoms with Crippen molar-refractivity contribution in [3.05, 3.63) is 27.7 Å². The number of isocyanates is 1. The molecule has 0 spiro atoms. The Morgan fingerprint density at radius 1 is 1.47 bits per heavy atom. The zero-order valence-corrected chi connectivity index (χ0v) is 10.2. The second kappa shape index (κ2) is 5.33. The lowest BCUT2D eigenvalue weighted by molar-refractivity contribution is -0.138. The molecule has 7 heteroatoms. The van der Waals surface area contributed by atoms with E-state index in [1.807, 2.05) is 0 Å². The van der Waals surface area contributed by atoms with Crippen LogP contribution >= 0.6 is 15.9 Å². The van der Waals surface area contributed by atoms with E-state index in [-0.39, 0.29) is 22.3 Å². The first-order valence-corrected chi connectivity index (χ1v) is 5.16. The van der Waals surface area contributed by atoms with Crippen LogP contribution in [0.1, 0.15) is 11.1 Å². The molecule has 92 valence electrons. The monoisotopic (exact) mass is 309 g/mol. The number of ether oxygens (including phenoxy) is 1. The first-order chi connectivity index (χ1) is 7.90. The number of hydrogen-bond donors (Lipinski definition) is 0. The van der Waals surface area contributed by atoms with Gasteiger partial charge in [-0.05, 0) is 12.1 Å². The zero-order chi connectivity index (χ0) is 13.1. The van der Waals surface area contributed by atoms with Crippen LogP contribution in [0, 0.1) is 0 Å². The van der Waals surface area contributed by atoms with E-state index >= 15 is 0 Å². The third-order valence-electron chi connectivity index (χ3n) is 1.95. The summed E-state index contributed by atoms with van der Waals surface area (Å²) in [7, 11) is 1.13. The van der Waals surface area contributed by atoms with Crippen LogP contribution in [0.4, 0.5) is 13.2 Å². The van der Waals surface area contributed by atoms with E-state index < -0.39 is 11.7 Å². The van der Waals surface area contributed by atoms with Crippen molar-refractivity contribution in [2.24, 2.45) is 4.99 Å². The predicted octanol–water partition coefficient (Wildman–Crippen LogP) is 3.31. The van der Waals surface area contributed by atoms with Crippen LogP contribution in [-0.4, -0.2) is 13.2 Å². The Bertz CT molecular complexity index is 467. The van der Waals surface area contributed by atoms with Gasteiger partial charge in [0.2, 0.25) is 6.08 Å². The fourth-order valence-corrected chi connectivity index (χ4v) is 1.84. The standard InChI is InChI=1S/C10H7BrF3NO2/c1-17-9-6(4-15-5-16)2-7(11)3-8(9)10(12,13)14/h2-3H,4H2,1H3. The summed E-state index contributed by atoms with van der Waals surface area (Å²) in [5.41, 5.74) is -0.747. The van der Waals surface area contributed by atoms with Crippen LogP contribution in [0.2, 0.25) is 0 Å². The molecule has 0 bridgehead atoms. The largest absolute Gasteiger partial charge is 0.496 e. The Morgan fingerprint density at radius 2 is 2.12 bits per heavy atom. The lowest BCUT2D eigenvalue weighted by Gasteiger charge is -2.15. The van der Waals surface area contributed by atoms with E-state index in [1.54, 1.807) is 0 Å². The molecule has 0 amide bonds. The molecule has 0 saturated heterocycles. The molecule has 1 aromatic rings. The normalized spacial score (nSPS) is 10.9. The minimum absolute atomic E-state index is 0.164. The molecular weight excluding hydrogens is 303 g/mol. The number of halogens is 4. The second-order valence-corrected chi connectivity index (χ2v) is 3.97. The first kappa shape index (κ1) is 13.7. The Hall–Kier alpha value is -1.33. The molecule has 3 nitrogen and oxygen atoms in total. The van der Waals surface area contributed by atoms with Gasteiger partial charge in [0, 0.05) is 10.0 Å². The average molecular weight is 310 g/mol. The first-order valence-electron chi connectivity index (χ1n) is 4.37. The van der Waals surface area contributed by atoms with Crippen molar-refractivity contribution in [1.82, 2.24) is 0 Å². The summed E-state index contributed by atoms with van der Waals surface area (Å²) in [6.07, 6.45) is -3.26. The number of aliphatic imine (C=N–C) groups is 1. The van der Waals surface area contributed by atoms with Gasteiger partial charge in [-0.15, -0.1) is 0 Å². The van der Waals surface area contributed by atoms with Gasteiger partial charge in [-0.3, -0.25) is 0 Å². The summed E-state index contributed by atoms with van der Waals surface area (Å²) in [5, 5.41) is 0. The molecule has 0 saturated carbocycles. The number of nitrogens with zero attached hydrogens (tertiary/aromatic N) is 1. The molecule has 1 rings (SSSR count). The molecule has 0 atom stereocenters. The third-order valence-corrected chi connectivity index (χ3v) is 2.41. The van der Waals surface area contributed by atoms with E-state index in [9.17, 15) is 18.0 Å². The highest BCUT2D eigenvalue weighted by Crippen LogP contribution is 2.40. The number of rotatable bonds is 3. The molecule has 1 aromatic carbocycles. The van der Waals surface area contributed by atoms with E-state index in [0.717, 1.165) is 13.2 Å². The molecule has 0 aliphatic carbocycles. The molecule has 0 aliphatic rings.